The van der Waals surface area contributed by atoms with Crippen molar-refractivity contribution in [3.05, 3.63) is 52.5 Å². The Hall–Kier alpha value is -2.14. The molecule has 0 spiro atoms. The Morgan fingerprint density at radius 1 is 1.17 bits per heavy atom. The third-order valence-electron chi connectivity index (χ3n) is 4.12. The van der Waals surface area contributed by atoms with Gasteiger partial charge in [-0.3, -0.25) is 4.79 Å². The van der Waals surface area contributed by atoms with Gasteiger partial charge in [-0.25, -0.2) is 4.98 Å². The van der Waals surface area contributed by atoms with E-state index in [-0.39, 0.29) is 5.91 Å². The number of aryl methyl sites for hydroxylation is 1. The van der Waals surface area contributed by atoms with Gasteiger partial charge in [-0.2, -0.15) is 0 Å². The summed E-state index contributed by atoms with van der Waals surface area (Å²) in [4.78, 5) is 17.6. The van der Waals surface area contributed by atoms with Gasteiger partial charge in [0.15, 0.2) is 0 Å². The van der Waals surface area contributed by atoms with Gasteiger partial charge in [-0.05, 0) is 30.0 Å². The number of benzene rings is 1. The number of thiophene rings is 1. The molecule has 0 saturated heterocycles. The Kier molecular flexibility index (Phi) is 5.64. The number of hydrogen-bond acceptors (Lipinski definition) is 3. The second-order valence-electron chi connectivity index (χ2n) is 5.89. The maximum Gasteiger partial charge on any atom is 0.261 e. The number of amides is 1. The number of rotatable bonds is 8. The van der Waals surface area contributed by atoms with Gasteiger partial charge in [-0.1, -0.05) is 44.4 Å². The highest BCUT2D eigenvalue weighted by molar-refractivity contribution is 7.12. The van der Waals surface area contributed by atoms with Crippen LogP contribution < -0.4 is 5.32 Å². The molecule has 2 heterocycles. The van der Waals surface area contributed by atoms with E-state index in [4.69, 9.17) is 4.98 Å². The molecule has 1 aromatic carbocycles. The zero-order chi connectivity index (χ0) is 16.8. The second kappa shape index (κ2) is 8.11. The van der Waals surface area contributed by atoms with Crippen LogP contribution in [0.15, 0.2) is 41.8 Å². The summed E-state index contributed by atoms with van der Waals surface area (Å²) < 4.78 is 2.25. The van der Waals surface area contributed by atoms with Crippen LogP contribution in [0.25, 0.3) is 11.0 Å². The van der Waals surface area contributed by atoms with E-state index >= 15 is 0 Å². The minimum atomic E-state index is -0.0328. The normalized spacial score (nSPS) is 11.0. The van der Waals surface area contributed by atoms with Crippen molar-refractivity contribution in [2.75, 3.05) is 0 Å². The molecule has 4 nitrogen and oxygen atoms in total. The molecule has 0 aliphatic heterocycles. The molecule has 5 heteroatoms. The highest BCUT2D eigenvalue weighted by atomic mass is 32.1. The zero-order valence-electron chi connectivity index (χ0n) is 14.0. The van der Waals surface area contributed by atoms with Crippen LogP contribution in [0.3, 0.4) is 0 Å². The van der Waals surface area contributed by atoms with Crippen LogP contribution in [0.1, 0.15) is 48.1 Å². The van der Waals surface area contributed by atoms with Crippen molar-refractivity contribution in [3.63, 3.8) is 0 Å². The van der Waals surface area contributed by atoms with E-state index in [1.54, 1.807) is 0 Å². The van der Waals surface area contributed by atoms with Gasteiger partial charge in [0.1, 0.15) is 5.82 Å². The van der Waals surface area contributed by atoms with E-state index in [0.717, 1.165) is 34.7 Å². The topological polar surface area (TPSA) is 46.9 Å². The first kappa shape index (κ1) is 16.7. The van der Waals surface area contributed by atoms with Crippen molar-refractivity contribution in [1.82, 2.24) is 14.9 Å². The molecule has 0 aliphatic carbocycles. The van der Waals surface area contributed by atoms with Crippen molar-refractivity contribution in [3.8, 4) is 0 Å². The SMILES string of the molecule is CCCCCCn1c(CNC(=O)c2cccs2)nc2ccccc21. The summed E-state index contributed by atoms with van der Waals surface area (Å²) in [6.07, 6.45) is 4.86. The summed E-state index contributed by atoms with van der Waals surface area (Å²) in [5, 5.41) is 4.91. The molecule has 0 bridgehead atoms. The van der Waals surface area contributed by atoms with Crippen LogP contribution >= 0.6 is 11.3 Å². The van der Waals surface area contributed by atoms with Gasteiger partial charge in [0.25, 0.3) is 5.91 Å². The monoisotopic (exact) mass is 341 g/mol. The number of unbranched alkanes of at least 4 members (excludes halogenated alkanes) is 3. The standard InChI is InChI=1S/C19H23N3OS/c1-2-3-4-7-12-22-16-10-6-5-9-15(16)21-18(22)14-20-19(23)17-11-8-13-24-17/h5-6,8-11,13H,2-4,7,12,14H2,1H3,(H,20,23). The maximum absolute atomic E-state index is 12.2. The number of para-hydroxylation sites is 2. The molecule has 2 aromatic heterocycles. The van der Waals surface area contributed by atoms with Gasteiger partial charge < -0.3 is 9.88 Å². The van der Waals surface area contributed by atoms with Crippen molar-refractivity contribution in [1.29, 1.82) is 0 Å². The molecule has 0 fully saturated rings. The van der Waals surface area contributed by atoms with E-state index in [1.165, 1.54) is 30.6 Å². The average molecular weight is 341 g/mol. The lowest BCUT2D eigenvalue weighted by Gasteiger charge is -2.10. The first-order valence-electron chi connectivity index (χ1n) is 8.55. The van der Waals surface area contributed by atoms with E-state index < -0.39 is 0 Å². The molecular formula is C19H23N3OS. The zero-order valence-corrected chi connectivity index (χ0v) is 14.8. The Labute approximate surface area is 146 Å². The maximum atomic E-state index is 12.2. The summed E-state index contributed by atoms with van der Waals surface area (Å²) in [5.74, 6) is 0.896. The lowest BCUT2D eigenvalue weighted by atomic mass is 10.2. The molecule has 1 N–H and O–H groups in total. The van der Waals surface area contributed by atoms with Crippen molar-refractivity contribution in [2.24, 2.45) is 0 Å². The molecule has 1 amide bonds. The highest BCUT2D eigenvalue weighted by Gasteiger charge is 2.12. The van der Waals surface area contributed by atoms with Crippen molar-refractivity contribution in [2.45, 2.75) is 45.7 Å². The number of fused-ring (bicyclic) bond motifs is 1. The predicted octanol–water partition coefficient (Wildman–Crippen LogP) is 4.61. The average Bonchev–Trinajstić information content (AvgIpc) is 3.25. The van der Waals surface area contributed by atoms with Crippen LogP contribution in [-0.2, 0) is 13.1 Å². The van der Waals surface area contributed by atoms with Crippen LogP contribution in [0.5, 0.6) is 0 Å². The second-order valence-corrected chi connectivity index (χ2v) is 6.84. The van der Waals surface area contributed by atoms with Gasteiger partial charge in [0.05, 0.1) is 22.5 Å². The van der Waals surface area contributed by atoms with Crippen LogP contribution in [0.2, 0.25) is 0 Å². The Morgan fingerprint density at radius 2 is 2.04 bits per heavy atom. The lowest BCUT2D eigenvalue weighted by molar-refractivity contribution is 0.0953. The first-order chi connectivity index (χ1) is 11.8. The number of aromatic nitrogens is 2. The molecule has 24 heavy (non-hydrogen) atoms. The molecule has 3 rings (SSSR count). The van der Waals surface area contributed by atoms with Crippen LogP contribution in [0.4, 0.5) is 0 Å². The molecule has 3 aromatic rings. The summed E-state index contributed by atoms with van der Waals surface area (Å²) in [6, 6.07) is 11.9. The van der Waals surface area contributed by atoms with Crippen LogP contribution in [0, 0.1) is 0 Å². The fraction of sp³-hybridized carbons (Fsp3) is 0.368. The summed E-state index contributed by atoms with van der Waals surface area (Å²) in [7, 11) is 0. The molecule has 0 atom stereocenters. The van der Waals surface area contributed by atoms with Gasteiger partial charge in [-0.15, -0.1) is 11.3 Å². The third kappa shape index (κ3) is 3.85. The predicted molar refractivity (Wildman–Crippen MR) is 99.4 cm³/mol. The number of nitrogens with zero attached hydrogens (tertiary/aromatic N) is 2. The lowest BCUT2D eigenvalue weighted by Crippen LogP contribution is -2.24. The Balaban J connectivity index is 1.74. The van der Waals surface area contributed by atoms with E-state index in [1.807, 2.05) is 35.7 Å². The molecule has 0 unspecified atom stereocenters. The molecule has 0 radical (unpaired) electrons. The fourth-order valence-corrected chi connectivity index (χ4v) is 3.50. The van der Waals surface area contributed by atoms with Gasteiger partial charge >= 0.3 is 0 Å². The Morgan fingerprint density at radius 3 is 2.83 bits per heavy atom. The number of nitrogens with one attached hydrogen (secondary N) is 1. The molecule has 0 saturated carbocycles. The number of carbonyl (C=O) groups excluding carboxylic acids is 1. The Bertz CT molecular complexity index is 792. The van der Waals surface area contributed by atoms with E-state index in [2.05, 4.69) is 22.9 Å². The molecule has 0 aliphatic rings. The number of carbonyl (C=O) groups is 1. The third-order valence-corrected chi connectivity index (χ3v) is 4.99. The molecule has 126 valence electrons. The number of hydrogen-bond donors (Lipinski definition) is 1. The number of imidazole rings is 1. The minimum Gasteiger partial charge on any atom is -0.344 e. The summed E-state index contributed by atoms with van der Waals surface area (Å²) >= 11 is 1.46. The minimum absolute atomic E-state index is 0.0328. The van der Waals surface area contributed by atoms with Gasteiger partial charge in [0.2, 0.25) is 0 Å². The summed E-state index contributed by atoms with van der Waals surface area (Å²) in [5.41, 5.74) is 2.14. The van der Waals surface area contributed by atoms with Gasteiger partial charge in [0, 0.05) is 6.54 Å². The first-order valence-corrected chi connectivity index (χ1v) is 9.43. The van der Waals surface area contributed by atoms with Crippen molar-refractivity contribution >= 4 is 28.3 Å². The quantitative estimate of drug-likeness (QED) is 0.608. The fourth-order valence-electron chi connectivity index (χ4n) is 2.86. The van der Waals surface area contributed by atoms with Crippen molar-refractivity contribution < 1.29 is 4.79 Å². The van der Waals surface area contributed by atoms with E-state index in [0.29, 0.717) is 6.54 Å². The van der Waals surface area contributed by atoms with Crippen LogP contribution in [-0.4, -0.2) is 15.5 Å². The largest absolute Gasteiger partial charge is 0.344 e. The highest BCUT2D eigenvalue weighted by Crippen LogP contribution is 2.18. The summed E-state index contributed by atoms with van der Waals surface area (Å²) in [6.45, 7) is 3.63. The smallest absolute Gasteiger partial charge is 0.261 e. The molecular weight excluding hydrogens is 318 g/mol. The van der Waals surface area contributed by atoms with E-state index in [9.17, 15) is 4.79 Å².